The molecule has 0 bridgehead atoms. The summed E-state index contributed by atoms with van der Waals surface area (Å²) in [6.45, 7) is 6.19. The summed E-state index contributed by atoms with van der Waals surface area (Å²) in [5.74, 6) is -0.297. The van der Waals surface area contributed by atoms with Crippen LogP contribution in [0.2, 0.25) is 0 Å². The highest BCUT2D eigenvalue weighted by molar-refractivity contribution is 7.13. The Bertz CT molecular complexity index is 1190. The van der Waals surface area contributed by atoms with Crippen molar-refractivity contribution in [3.05, 3.63) is 58.6 Å². The van der Waals surface area contributed by atoms with Crippen molar-refractivity contribution in [1.82, 2.24) is 15.1 Å². The van der Waals surface area contributed by atoms with Gasteiger partial charge in [0, 0.05) is 11.7 Å². The fraction of sp³-hybridized carbons (Fsp3) is 0.423. The Hall–Kier alpha value is -2.93. The van der Waals surface area contributed by atoms with E-state index in [-0.39, 0.29) is 17.9 Å². The molecule has 0 unspecified atom stereocenters. The molecule has 172 valence electrons. The third-order valence-electron chi connectivity index (χ3n) is 6.96. The number of hydrogen-bond acceptors (Lipinski definition) is 4. The number of thiophene rings is 1. The summed E-state index contributed by atoms with van der Waals surface area (Å²) in [5, 5.41) is 10.0. The molecular formula is C26H30N4O2S. The first kappa shape index (κ1) is 21.9. The normalized spacial score (nSPS) is 21.2. The number of hydrogen-bond donors (Lipinski definition) is 1. The van der Waals surface area contributed by atoms with Crippen LogP contribution in [0.5, 0.6) is 0 Å². The minimum absolute atomic E-state index is 0.109. The first-order valence-corrected chi connectivity index (χ1v) is 12.6. The fourth-order valence-corrected chi connectivity index (χ4v) is 5.73. The number of nitrogens with one attached hydrogen (secondary N) is 1. The summed E-state index contributed by atoms with van der Waals surface area (Å²) in [5.41, 5.74) is 3.01. The van der Waals surface area contributed by atoms with Gasteiger partial charge in [0.15, 0.2) is 0 Å². The van der Waals surface area contributed by atoms with Crippen LogP contribution in [-0.4, -0.2) is 33.2 Å². The van der Waals surface area contributed by atoms with E-state index in [9.17, 15) is 9.59 Å². The van der Waals surface area contributed by atoms with E-state index in [2.05, 4.69) is 5.32 Å². The number of carbonyl (C=O) groups is 2. The Kier molecular flexibility index (Phi) is 5.60. The first-order valence-electron chi connectivity index (χ1n) is 11.7. The van der Waals surface area contributed by atoms with Crippen molar-refractivity contribution >= 4 is 28.8 Å². The molecule has 1 aliphatic carbocycles. The van der Waals surface area contributed by atoms with Crippen molar-refractivity contribution < 1.29 is 9.59 Å². The first-order chi connectivity index (χ1) is 15.9. The number of nitrogens with zero attached hydrogens (tertiary/aromatic N) is 3. The molecule has 6 nitrogen and oxygen atoms in total. The van der Waals surface area contributed by atoms with Gasteiger partial charge in [0.25, 0.3) is 5.91 Å². The van der Waals surface area contributed by atoms with E-state index in [1.54, 1.807) is 20.9 Å². The highest BCUT2D eigenvalue weighted by Gasteiger charge is 2.49. The van der Waals surface area contributed by atoms with Crippen LogP contribution in [0.4, 0.5) is 5.69 Å². The lowest BCUT2D eigenvalue weighted by Crippen LogP contribution is -2.65. The van der Waals surface area contributed by atoms with E-state index in [0.29, 0.717) is 12.2 Å². The molecule has 0 spiro atoms. The number of anilines is 1. The minimum Gasteiger partial charge on any atom is -0.351 e. The van der Waals surface area contributed by atoms with Gasteiger partial charge in [-0.15, -0.1) is 11.3 Å². The Morgan fingerprint density at radius 1 is 1.15 bits per heavy atom. The van der Waals surface area contributed by atoms with Crippen LogP contribution in [0, 0.1) is 13.8 Å². The summed E-state index contributed by atoms with van der Waals surface area (Å²) in [6.07, 6.45) is 5.48. The van der Waals surface area contributed by atoms with Gasteiger partial charge in [-0.1, -0.05) is 37.5 Å². The maximum absolute atomic E-state index is 14.0. The van der Waals surface area contributed by atoms with Crippen LogP contribution in [0.1, 0.15) is 60.6 Å². The average molecular weight is 463 g/mol. The van der Waals surface area contributed by atoms with E-state index in [0.717, 1.165) is 53.1 Å². The number of rotatable bonds is 4. The molecule has 1 fully saturated rings. The van der Waals surface area contributed by atoms with E-state index in [4.69, 9.17) is 5.10 Å². The SMILES string of the molecule is Cc1ccc(C)c(N2C(=O)c3cc(-c4cccs4)nn3C[C@@]2(C)C(=O)NC2CCCCC2)c1. The molecule has 1 saturated carbocycles. The molecular weight excluding hydrogens is 432 g/mol. The lowest BCUT2D eigenvalue weighted by atomic mass is 9.90. The number of aryl methyl sites for hydroxylation is 2. The number of benzene rings is 1. The van der Waals surface area contributed by atoms with Crippen LogP contribution in [-0.2, 0) is 11.3 Å². The van der Waals surface area contributed by atoms with Gasteiger partial charge in [0.05, 0.1) is 11.4 Å². The van der Waals surface area contributed by atoms with E-state index < -0.39 is 5.54 Å². The molecule has 7 heteroatoms. The standard InChI is InChI=1S/C26H30N4O2S/c1-17-11-12-18(2)21(14-17)30-24(31)22-15-20(23-10-7-13-33-23)28-29(22)16-26(30,3)25(32)27-19-8-5-4-6-9-19/h7,10-15,19H,4-6,8-9,16H2,1-3H3,(H,27,32)/t26-/m0/s1. The molecule has 33 heavy (non-hydrogen) atoms. The third-order valence-corrected chi connectivity index (χ3v) is 7.85. The van der Waals surface area contributed by atoms with Gasteiger partial charge in [-0.05, 0) is 68.3 Å². The van der Waals surface area contributed by atoms with Crippen LogP contribution in [0.3, 0.4) is 0 Å². The van der Waals surface area contributed by atoms with Crippen molar-refractivity contribution in [3.8, 4) is 10.6 Å². The molecule has 5 rings (SSSR count). The molecule has 1 aliphatic heterocycles. The van der Waals surface area contributed by atoms with Gasteiger partial charge in [0.2, 0.25) is 5.91 Å². The minimum atomic E-state index is -1.08. The molecule has 3 aromatic rings. The molecule has 1 N–H and O–H groups in total. The lowest BCUT2D eigenvalue weighted by Gasteiger charge is -2.44. The highest BCUT2D eigenvalue weighted by atomic mass is 32.1. The number of carbonyl (C=O) groups excluding carboxylic acids is 2. The molecule has 3 heterocycles. The average Bonchev–Trinajstić information content (AvgIpc) is 3.47. The summed E-state index contributed by atoms with van der Waals surface area (Å²) < 4.78 is 1.72. The fourth-order valence-electron chi connectivity index (χ4n) is 5.05. The Labute approximate surface area is 198 Å². The Morgan fingerprint density at radius 2 is 1.94 bits per heavy atom. The summed E-state index contributed by atoms with van der Waals surface area (Å²) in [4.78, 5) is 30.5. The highest BCUT2D eigenvalue weighted by Crippen LogP contribution is 2.37. The van der Waals surface area contributed by atoms with Gasteiger partial charge < -0.3 is 5.32 Å². The van der Waals surface area contributed by atoms with E-state index in [1.807, 2.05) is 62.5 Å². The van der Waals surface area contributed by atoms with Crippen LogP contribution in [0.15, 0.2) is 41.8 Å². The van der Waals surface area contributed by atoms with Gasteiger partial charge in [0.1, 0.15) is 16.9 Å². The number of amides is 2. The largest absolute Gasteiger partial charge is 0.351 e. The second-order valence-electron chi connectivity index (χ2n) is 9.56. The quantitative estimate of drug-likeness (QED) is 0.587. The zero-order valence-corrected chi connectivity index (χ0v) is 20.2. The molecule has 2 aromatic heterocycles. The van der Waals surface area contributed by atoms with Gasteiger partial charge in [-0.25, -0.2) is 0 Å². The maximum atomic E-state index is 14.0. The van der Waals surface area contributed by atoms with Crippen molar-refractivity contribution in [2.24, 2.45) is 0 Å². The zero-order chi connectivity index (χ0) is 23.2. The zero-order valence-electron chi connectivity index (χ0n) is 19.4. The van der Waals surface area contributed by atoms with Crippen LogP contribution >= 0.6 is 11.3 Å². The topological polar surface area (TPSA) is 67.2 Å². The molecule has 1 atom stereocenters. The van der Waals surface area contributed by atoms with Gasteiger partial charge >= 0.3 is 0 Å². The van der Waals surface area contributed by atoms with E-state index >= 15 is 0 Å². The molecule has 0 radical (unpaired) electrons. The molecule has 2 aliphatic rings. The molecule has 1 aromatic carbocycles. The van der Waals surface area contributed by atoms with Gasteiger partial charge in [-0.3, -0.25) is 19.2 Å². The van der Waals surface area contributed by atoms with Crippen molar-refractivity contribution in [1.29, 1.82) is 0 Å². The number of aromatic nitrogens is 2. The summed E-state index contributed by atoms with van der Waals surface area (Å²) in [7, 11) is 0. The van der Waals surface area contributed by atoms with Crippen molar-refractivity contribution in [3.63, 3.8) is 0 Å². The second-order valence-corrected chi connectivity index (χ2v) is 10.5. The Balaban J connectivity index is 1.59. The molecule has 0 saturated heterocycles. The van der Waals surface area contributed by atoms with E-state index in [1.165, 1.54) is 6.42 Å². The lowest BCUT2D eigenvalue weighted by molar-refractivity contribution is -0.127. The van der Waals surface area contributed by atoms with Gasteiger partial charge in [-0.2, -0.15) is 5.10 Å². The summed E-state index contributed by atoms with van der Waals surface area (Å²) >= 11 is 1.59. The van der Waals surface area contributed by atoms with Crippen molar-refractivity contribution in [2.75, 3.05) is 4.90 Å². The smallest absolute Gasteiger partial charge is 0.277 e. The van der Waals surface area contributed by atoms with Crippen LogP contribution < -0.4 is 10.2 Å². The second kappa shape index (κ2) is 8.45. The van der Waals surface area contributed by atoms with Crippen molar-refractivity contribution in [2.45, 2.75) is 71.0 Å². The summed E-state index contributed by atoms with van der Waals surface area (Å²) in [6, 6.07) is 12.0. The third kappa shape index (κ3) is 3.88. The maximum Gasteiger partial charge on any atom is 0.277 e. The predicted molar refractivity (Wildman–Crippen MR) is 132 cm³/mol. The van der Waals surface area contributed by atoms with Crippen LogP contribution in [0.25, 0.3) is 10.6 Å². The molecule has 2 amide bonds. The monoisotopic (exact) mass is 462 g/mol. The Morgan fingerprint density at radius 3 is 2.67 bits per heavy atom. The number of fused-ring (bicyclic) bond motifs is 1. The predicted octanol–water partition coefficient (Wildman–Crippen LogP) is 5.10.